The first-order valence-corrected chi connectivity index (χ1v) is 9.36. The number of halogens is 2. The van der Waals surface area contributed by atoms with E-state index in [-0.39, 0.29) is 5.91 Å². The van der Waals surface area contributed by atoms with Crippen LogP contribution in [-0.2, 0) is 24.8 Å². The number of hydrogen-bond donors (Lipinski definition) is 1. The number of benzene rings is 1. The van der Waals surface area contributed by atoms with E-state index in [1.165, 1.54) is 5.56 Å². The predicted octanol–water partition coefficient (Wildman–Crippen LogP) is 3.49. The summed E-state index contributed by atoms with van der Waals surface area (Å²) >= 11 is 14.4. The van der Waals surface area contributed by atoms with E-state index in [1.807, 2.05) is 25.5 Å². The number of rotatable bonds is 2. The molecule has 1 aliphatic rings. The van der Waals surface area contributed by atoms with Gasteiger partial charge in [0.05, 0.1) is 27.5 Å². The molecule has 25 heavy (non-hydrogen) atoms. The molecule has 0 atom stereocenters. The van der Waals surface area contributed by atoms with Crippen LogP contribution >= 0.6 is 34.5 Å². The van der Waals surface area contributed by atoms with E-state index in [0.717, 1.165) is 32.5 Å². The van der Waals surface area contributed by atoms with Crippen LogP contribution in [0.5, 0.6) is 0 Å². The normalized spacial score (nSPS) is 14.2. The van der Waals surface area contributed by atoms with Gasteiger partial charge in [0.25, 0.3) is 0 Å². The third kappa shape index (κ3) is 2.73. The predicted molar refractivity (Wildman–Crippen MR) is 100 cm³/mol. The fourth-order valence-corrected chi connectivity index (χ4v) is 5.17. The molecule has 3 aromatic rings. The molecule has 8 heteroatoms. The minimum Gasteiger partial charge on any atom is -0.387 e. The van der Waals surface area contributed by atoms with Crippen molar-refractivity contribution in [3.8, 4) is 11.1 Å². The topological polar surface area (TPSA) is 58.4 Å². The van der Waals surface area contributed by atoms with E-state index >= 15 is 0 Å². The Morgan fingerprint density at radius 2 is 2.24 bits per heavy atom. The second kappa shape index (κ2) is 6.29. The van der Waals surface area contributed by atoms with Crippen LogP contribution in [0.15, 0.2) is 18.5 Å². The quantitative estimate of drug-likeness (QED) is 0.722. The van der Waals surface area contributed by atoms with Gasteiger partial charge in [0.15, 0.2) is 0 Å². The van der Waals surface area contributed by atoms with Gasteiger partial charge >= 0.3 is 0 Å². The summed E-state index contributed by atoms with van der Waals surface area (Å²) in [5.74, 6) is -0.250. The van der Waals surface area contributed by atoms with Gasteiger partial charge in [-0.05, 0) is 23.6 Å². The second-order valence-corrected chi connectivity index (χ2v) is 7.94. The molecule has 3 heterocycles. The highest BCUT2D eigenvalue weighted by Gasteiger charge is 2.27. The largest absolute Gasteiger partial charge is 0.387 e. The Balaban J connectivity index is 1.93. The van der Waals surface area contributed by atoms with Crippen molar-refractivity contribution in [2.45, 2.75) is 13.0 Å². The van der Waals surface area contributed by atoms with Gasteiger partial charge in [-0.1, -0.05) is 23.2 Å². The smallest absolute Gasteiger partial charge is 0.248 e. The number of nitrogens with zero attached hydrogens (tertiary/aromatic N) is 3. The lowest BCUT2D eigenvalue weighted by Gasteiger charge is -2.26. The third-order valence-electron chi connectivity index (χ3n) is 4.51. The molecule has 4 rings (SSSR count). The first-order valence-electron chi connectivity index (χ1n) is 7.79. The van der Waals surface area contributed by atoms with Crippen LogP contribution in [0.25, 0.3) is 21.2 Å². The average molecular weight is 396 g/mol. The highest BCUT2D eigenvalue weighted by atomic mass is 35.5. The Morgan fingerprint density at radius 3 is 2.92 bits per heavy atom. The second-order valence-electron chi connectivity index (χ2n) is 6.05. The number of aromatic nitrogens is 2. The number of aliphatic hydroxyl groups is 1. The first kappa shape index (κ1) is 16.8. The van der Waals surface area contributed by atoms with Crippen molar-refractivity contribution in [3.05, 3.63) is 38.9 Å². The number of aryl methyl sites for hydroxylation is 1. The number of thiophene rings is 1. The molecule has 0 unspecified atom stereocenters. The molecular formula is C17H15Cl2N3O2S. The van der Waals surface area contributed by atoms with Crippen molar-refractivity contribution in [1.82, 2.24) is 14.7 Å². The molecule has 0 saturated heterocycles. The number of carbonyl (C=O) groups is 1. The van der Waals surface area contributed by atoms with E-state index in [2.05, 4.69) is 5.10 Å². The standard InChI is InChI=1S/C17H15Cl2N3O2S/c1-21-6-9(5-20-21)11-4-12(18)16(19)17-15(11)10-2-3-22(14(24)8-23)7-13(10)25-17/h4-6,23H,2-3,7-8H2,1H3. The summed E-state index contributed by atoms with van der Waals surface area (Å²) in [5.41, 5.74) is 3.21. The molecule has 5 nitrogen and oxygen atoms in total. The monoisotopic (exact) mass is 395 g/mol. The fourth-order valence-electron chi connectivity index (χ4n) is 3.31. The van der Waals surface area contributed by atoms with Crippen LogP contribution < -0.4 is 0 Å². The lowest BCUT2D eigenvalue weighted by atomic mass is 9.97. The number of amides is 1. The highest BCUT2D eigenvalue weighted by Crippen LogP contribution is 2.46. The Kier molecular flexibility index (Phi) is 4.24. The maximum absolute atomic E-state index is 11.8. The minimum atomic E-state index is -0.465. The number of fused-ring (bicyclic) bond motifs is 3. The molecule has 1 aromatic carbocycles. The summed E-state index contributed by atoms with van der Waals surface area (Å²) in [5, 5.41) is 15.5. The number of hydrogen-bond acceptors (Lipinski definition) is 4. The number of carbonyl (C=O) groups excluding carboxylic acids is 1. The summed E-state index contributed by atoms with van der Waals surface area (Å²) in [7, 11) is 1.87. The first-order chi connectivity index (χ1) is 12.0. The van der Waals surface area contributed by atoms with Crippen molar-refractivity contribution >= 4 is 50.5 Å². The molecule has 1 aliphatic heterocycles. The van der Waals surface area contributed by atoms with Gasteiger partial charge in [0.1, 0.15) is 6.61 Å². The highest BCUT2D eigenvalue weighted by molar-refractivity contribution is 7.20. The van der Waals surface area contributed by atoms with Crippen molar-refractivity contribution < 1.29 is 9.90 Å². The van der Waals surface area contributed by atoms with Crippen LogP contribution in [0.2, 0.25) is 10.0 Å². The van der Waals surface area contributed by atoms with Gasteiger partial charge in [-0.25, -0.2) is 0 Å². The van der Waals surface area contributed by atoms with Crippen molar-refractivity contribution in [3.63, 3.8) is 0 Å². The Bertz CT molecular complexity index is 996. The van der Waals surface area contributed by atoms with Crippen molar-refractivity contribution in [2.75, 3.05) is 13.2 Å². The maximum atomic E-state index is 11.8. The van der Waals surface area contributed by atoms with Gasteiger partial charge in [-0.15, -0.1) is 11.3 Å². The lowest BCUT2D eigenvalue weighted by Crippen LogP contribution is -2.37. The minimum absolute atomic E-state index is 0.250. The van der Waals surface area contributed by atoms with E-state index in [0.29, 0.717) is 23.1 Å². The summed E-state index contributed by atoms with van der Waals surface area (Å²) in [6, 6.07) is 1.89. The molecule has 2 aromatic heterocycles. The molecule has 1 N–H and O–H groups in total. The zero-order valence-electron chi connectivity index (χ0n) is 13.4. The van der Waals surface area contributed by atoms with Crippen molar-refractivity contribution in [1.29, 1.82) is 0 Å². The van der Waals surface area contributed by atoms with Gasteiger partial charge < -0.3 is 10.0 Å². The van der Waals surface area contributed by atoms with Crippen LogP contribution in [0, 0.1) is 0 Å². The average Bonchev–Trinajstić information content (AvgIpc) is 3.20. The molecular weight excluding hydrogens is 381 g/mol. The van der Waals surface area contributed by atoms with Gasteiger partial charge in [0.2, 0.25) is 5.91 Å². The van der Waals surface area contributed by atoms with E-state index in [1.54, 1.807) is 20.9 Å². The van der Waals surface area contributed by atoms with E-state index < -0.39 is 6.61 Å². The summed E-state index contributed by atoms with van der Waals surface area (Å²) in [6.45, 7) is 0.618. The molecule has 0 fully saturated rings. The molecule has 0 saturated carbocycles. The lowest BCUT2D eigenvalue weighted by molar-refractivity contribution is -0.135. The van der Waals surface area contributed by atoms with Crippen LogP contribution in [0.3, 0.4) is 0 Å². The molecule has 0 radical (unpaired) electrons. The van der Waals surface area contributed by atoms with Crippen molar-refractivity contribution in [2.24, 2.45) is 7.05 Å². The van der Waals surface area contributed by atoms with Gasteiger partial charge in [-0.2, -0.15) is 5.10 Å². The van der Waals surface area contributed by atoms with Gasteiger partial charge in [0, 0.05) is 35.6 Å². The van der Waals surface area contributed by atoms with E-state index in [4.69, 9.17) is 28.3 Å². The molecule has 0 spiro atoms. The zero-order chi connectivity index (χ0) is 17.7. The van der Waals surface area contributed by atoms with Gasteiger partial charge in [-0.3, -0.25) is 9.48 Å². The SMILES string of the molecule is Cn1cc(-c2cc(Cl)c(Cl)c3sc4c(c23)CCN(C(=O)CO)C4)cn1. The fraction of sp³-hybridized carbons (Fsp3) is 0.294. The van der Waals surface area contributed by atoms with E-state index in [9.17, 15) is 4.79 Å². The molecule has 0 aliphatic carbocycles. The summed E-state index contributed by atoms with van der Waals surface area (Å²) in [4.78, 5) is 14.6. The molecule has 1 amide bonds. The molecule has 0 bridgehead atoms. The Labute approximate surface area is 158 Å². The maximum Gasteiger partial charge on any atom is 0.248 e. The Hall–Kier alpha value is -1.60. The zero-order valence-corrected chi connectivity index (χ0v) is 15.8. The summed E-state index contributed by atoms with van der Waals surface area (Å²) in [6.07, 6.45) is 4.49. The van der Waals surface area contributed by atoms with Crippen LogP contribution in [0.4, 0.5) is 0 Å². The third-order valence-corrected chi connectivity index (χ3v) is 6.64. The van der Waals surface area contributed by atoms with Crippen LogP contribution in [0.1, 0.15) is 10.4 Å². The van der Waals surface area contributed by atoms with Crippen LogP contribution in [-0.4, -0.2) is 38.8 Å². The number of aliphatic hydroxyl groups excluding tert-OH is 1. The summed E-state index contributed by atoms with van der Waals surface area (Å²) < 4.78 is 2.70. The molecule has 130 valence electrons. The Morgan fingerprint density at radius 1 is 1.44 bits per heavy atom.